The largest absolute Gasteiger partial charge is 0.469 e. The van der Waals surface area contributed by atoms with Crippen molar-refractivity contribution in [1.29, 1.82) is 0 Å². The number of pyridine rings is 1. The minimum absolute atomic E-state index is 0.0236. The first-order valence-corrected chi connectivity index (χ1v) is 8.01. The van der Waals surface area contributed by atoms with Gasteiger partial charge in [-0.25, -0.2) is 4.39 Å². The molecule has 0 aliphatic heterocycles. The first-order chi connectivity index (χ1) is 11.9. The number of hydrogen-bond donors (Lipinski definition) is 0. The highest BCUT2D eigenvalue weighted by molar-refractivity contribution is 6.33. The Kier molecular flexibility index (Phi) is 6.47. The van der Waals surface area contributed by atoms with Crippen LogP contribution in [0.2, 0.25) is 5.02 Å². The van der Waals surface area contributed by atoms with Crippen LogP contribution in [-0.4, -0.2) is 35.4 Å². The van der Waals surface area contributed by atoms with Crippen LogP contribution in [0.25, 0.3) is 0 Å². The minimum atomic E-state index is -0.706. The van der Waals surface area contributed by atoms with Crippen molar-refractivity contribution < 1.29 is 18.7 Å². The lowest BCUT2D eigenvalue weighted by molar-refractivity contribution is -0.145. The second-order valence-electron chi connectivity index (χ2n) is 5.56. The van der Waals surface area contributed by atoms with Crippen LogP contribution in [0.3, 0.4) is 0 Å². The molecule has 2 rings (SSSR count). The SMILES string of the molecule is COC(=O)C(C)CN(Cc1ccncc1)C(=O)c1c(F)cccc1Cl. The summed E-state index contributed by atoms with van der Waals surface area (Å²) in [5.74, 6) is -2.31. The maximum Gasteiger partial charge on any atom is 0.310 e. The number of carbonyl (C=O) groups is 2. The molecule has 1 aromatic carbocycles. The topological polar surface area (TPSA) is 59.5 Å². The summed E-state index contributed by atoms with van der Waals surface area (Å²) in [6.45, 7) is 1.90. The molecule has 25 heavy (non-hydrogen) atoms. The molecule has 5 nitrogen and oxygen atoms in total. The third-order valence-corrected chi connectivity index (χ3v) is 4.00. The molecule has 0 N–H and O–H groups in total. The van der Waals surface area contributed by atoms with Gasteiger partial charge in [0.25, 0.3) is 5.91 Å². The van der Waals surface area contributed by atoms with E-state index in [9.17, 15) is 14.0 Å². The van der Waals surface area contributed by atoms with Crippen LogP contribution in [0, 0.1) is 11.7 Å². The summed E-state index contributed by atoms with van der Waals surface area (Å²) in [5.41, 5.74) is 0.586. The number of esters is 1. The lowest BCUT2D eigenvalue weighted by atomic mass is 10.1. The van der Waals surface area contributed by atoms with Crippen molar-refractivity contribution in [2.45, 2.75) is 13.5 Å². The Morgan fingerprint density at radius 1 is 1.28 bits per heavy atom. The summed E-state index contributed by atoms with van der Waals surface area (Å²) in [7, 11) is 1.28. The number of aromatic nitrogens is 1. The summed E-state index contributed by atoms with van der Waals surface area (Å²) in [6.07, 6.45) is 3.19. The van der Waals surface area contributed by atoms with Gasteiger partial charge in [-0.15, -0.1) is 0 Å². The van der Waals surface area contributed by atoms with Crippen LogP contribution in [0.15, 0.2) is 42.7 Å². The molecule has 132 valence electrons. The van der Waals surface area contributed by atoms with Gasteiger partial charge in [-0.1, -0.05) is 24.6 Å². The minimum Gasteiger partial charge on any atom is -0.469 e. The molecule has 0 aliphatic rings. The van der Waals surface area contributed by atoms with E-state index in [1.165, 1.54) is 30.2 Å². The van der Waals surface area contributed by atoms with Crippen molar-refractivity contribution in [3.05, 3.63) is 64.7 Å². The Morgan fingerprint density at radius 2 is 1.96 bits per heavy atom. The van der Waals surface area contributed by atoms with Gasteiger partial charge >= 0.3 is 5.97 Å². The van der Waals surface area contributed by atoms with E-state index in [2.05, 4.69) is 4.98 Å². The molecule has 1 atom stereocenters. The van der Waals surface area contributed by atoms with Crippen molar-refractivity contribution >= 4 is 23.5 Å². The van der Waals surface area contributed by atoms with Gasteiger partial charge in [-0.2, -0.15) is 0 Å². The molecule has 0 bridgehead atoms. The second-order valence-corrected chi connectivity index (χ2v) is 5.97. The van der Waals surface area contributed by atoms with Gasteiger partial charge in [0, 0.05) is 25.5 Å². The van der Waals surface area contributed by atoms with E-state index in [1.54, 1.807) is 31.5 Å². The summed E-state index contributed by atoms with van der Waals surface area (Å²) >= 11 is 6.01. The fraction of sp³-hybridized carbons (Fsp3) is 0.278. The number of nitrogens with zero attached hydrogens (tertiary/aromatic N) is 2. The van der Waals surface area contributed by atoms with Crippen LogP contribution in [0.1, 0.15) is 22.8 Å². The molecule has 1 unspecified atom stereocenters. The highest BCUT2D eigenvalue weighted by Crippen LogP contribution is 2.22. The molecule has 1 heterocycles. The third-order valence-electron chi connectivity index (χ3n) is 3.68. The van der Waals surface area contributed by atoms with E-state index < -0.39 is 23.6 Å². The van der Waals surface area contributed by atoms with Gasteiger partial charge in [0.2, 0.25) is 0 Å². The monoisotopic (exact) mass is 364 g/mol. The summed E-state index contributed by atoms with van der Waals surface area (Å²) < 4.78 is 18.8. The maximum absolute atomic E-state index is 14.1. The fourth-order valence-corrected chi connectivity index (χ4v) is 2.64. The molecule has 0 fully saturated rings. The van der Waals surface area contributed by atoms with E-state index in [0.29, 0.717) is 0 Å². The van der Waals surface area contributed by atoms with Gasteiger partial charge in [-0.3, -0.25) is 14.6 Å². The number of carbonyl (C=O) groups excluding carboxylic acids is 2. The maximum atomic E-state index is 14.1. The molecular weight excluding hydrogens is 347 g/mol. The number of halogens is 2. The smallest absolute Gasteiger partial charge is 0.310 e. The molecule has 2 aromatic rings. The van der Waals surface area contributed by atoms with E-state index in [1.807, 2.05) is 0 Å². The quantitative estimate of drug-likeness (QED) is 0.738. The van der Waals surface area contributed by atoms with Crippen LogP contribution in [-0.2, 0) is 16.1 Å². The normalized spacial score (nSPS) is 11.7. The zero-order chi connectivity index (χ0) is 18.4. The van der Waals surface area contributed by atoms with Gasteiger partial charge in [0.15, 0.2) is 0 Å². The van der Waals surface area contributed by atoms with Crippen LogP contribution < -0.4 is 0 Å². The number of amides is 1. The van der Waals surface area contributed by atoms with Crippen LogP contribution >= 0.6 is 11.6 Å². The molecule has 1 aromatic heterocycles. The van der Waals surface area contributed by atoms with Crippen molar-refractivity contribution in [2.24, 2.45) is 5.92 Å². The Bertz CT molecular complexity index is 735. The van der Waals surface area contributed by atoms with Crippen LogP contribution in [0.5, 0.6) is 0 Å². The summed E-state index contributed by atoms with van der Waals surface area (Å²) in [5, 5.41) is 0.0236. The number of ether oxygens (including phenoxy) is 1. The second kappa shape index (κ2) is 8.58. The van der Waals surface area contributed by atoms with E-state index in [4.69, 9.17) is 16.3 Å². The first-order valence-electron chi connectivity index (χ1n) is 7.64. The van der Waals surface area contributed by atoms with E-state index in [0.717, 1.165) is 5.56 Å². The summed E-state index contributed by atoms with van der Waals surface area (Å²) in [6, 6.07) is 7.54. The lowest BCUT2D eigenvalue weighted by Crippen LogP contribution is -2.37. The predicted molar refractivity (Wildman–Crippen MR) is 91.6 cm³/mol. The molecule has 0 saturated heterocycles. The molecule has 7 heteroatoms. The zero-order valence-corrected chi connectivity index (χ0v) is 14.7. The fourth-order valence-electron chi connectivity index (χ4n) is 2.39. The highest BCUT2D eigenvalue weighted by Gasteiger charge is 2.26. The average Bonchev–Trinajstić information content (AvgIpc) is 2.61. The van der Waals surface area contributed by atoms with Gasteiger partial charge < -0.3 is 9.64 Å². The van der Waals surface area contributed by atoms with E-state index >= 15 is 0 Å². The van der Waals surface area contributed by atoms with E-state index in [-0.39, 0.29) is 23.7 Å². The molecule has 0 aliphatic carbocycles. The third kappa shape index (κ3) is 4.76. The Balaban J connectivity index is 2.33. The highest BCUT2D eigenvalue weighted by atomic mass is 35.5. The molecule has 0 spiro atoms. The molecule has 0 radical (unpaired) electrons. The summed E-state index contributed by atoms with van der Waals surface area (Å²) in [4.78, 5) is 29.9. The predicted octanol–water partition coefficient (Wildman–Crippen LogP) is 3.33. The zero-order valence-electron chi connectivity index (χ0n) is 13.9. The number of rotatable bonds is 6. The van der Waals surface area contributed by atoms with Crippen molar-refractivity contribution in [3.8, 4) is 0 Å². The molecular formula is C18H18ClFN2O3. The lowest BCUT2D eigenvalue weighted by Gasteiger charge is -2.26. The number of benzene rings is 1. The Labute approximate surface area is 150 Å². The first kappa shape index (κ1) is 18.9. The molecule has 1 amide bonds. The van der Waals surface area contributed by atoms with Crippen LogP contribution in [0.4, 0.5) is 4.39 Å². The average molecular weight is 365 g/mol. The van der Waals surface area contributed by atoms with Gasteiger partial charge in [0.05, 0.1) is 23.6 Å². The molecule has 0 saturated carbocycles. The van der Waals surface area contributed by atoms with Gasteiger partial charge in [0.1, 0.15) is 5.82 Å². The number of methoxy groups -OCH3 is 1. The standard InChI is InChI=1S/C18H18ClFN2O3/c1-12(18(24)25-2)10-22(11-13-6-8-21-9-7-13)17(23)16-14(19)4-3-5-15(16)20/h3-9,12H,10-11H2,1-2H3. The Morgan fingerprint density at radius 3 is 2.56 bits per heavy atom. The number of hydrogen-bond acceptors (Lipinski definition) is 4. The van der Waals surface area contributed by atoms with Crippen molar-refractivity contribution in [1.82, 2.24) is 9.88 Å². The van der Waals surface area contributed by atoms with Crippen molar-refractivity contribution in [2.75, 3.05) is 13.7 Å². The Hall–Kier alpha value is -2.47. The van der Waals surface area contributed by atoms with Gasteiger partial charge in [-0.05, 0) is 29.8 Å². The van der Waals surface area contributed by atoms with Crippen molar-refractivity contribution in [3.63, 3.8) is 0 Å².